The highest BCUT2D eigenvalue weighted by Gasteiger charge is 2.31. The summed E-state index contributed by atoms with van der Waals surface area (Å²) < 4.78 is 0. The van der Waals surface area contributed by atoms with Crippen LogP contribution >= 0.6 is 0 Å². The molecule has 1 saturated carbocycles. The molecule has 0 heterocycles. The molecular formula is C12H20N2O4. The molecule has 0 spiro atoms. The third kappa shape index (κ3) is 4.35. The highest BCUT2D eigenvalue weighted by Crippen LogP contribution is 2.29. The number of nitrogens with one attached hydrogen (secondary N) is 1. The Bertz CT molecular complexity index is 343. The molecule has 0 bridgehead atoms. The average Bonchev–Trinajstić information content (AvgIpc) is 2.27. The molecule has 1 aliphatic carbocycles. The first-order valence-electron chi connectivity index (χ1n) is 6.21. The molecule has 0 aliphatic heterocycles. The summed E-state index contributed by atoms with van der Waals surface area (Å²) in [5.41, 5.74) is 5.04. The second-order valence-electron chi connectivity index (χ2n) is 4.98. The molecule has 0 radical (unpaired) electrons. The van der Waals surface area contributed by atoms with E-state index in [1.807, 2.05) is 0 Å². The smallest absolute Gasteiger partial charge is 0.306 e. The topological polar surface area (TPSA) is 109 Å². The highest BCUT2D eigenvalue weighted by molar-refractivity contribution is 5.81. The van der Waals surface area contributed by atoms with Gasteiger partial charge in [0.2, 0.25) is 11.8 Å². The van der Waals surface area contributed by atoms with Crippen LogP contribution in [-0.2, 0) is 14.4 Å². The first-order valence-corrected chi connectivity index (χ1v) is 6.21. The van der Waals surface area contributed by atoms with E-state index in [4.69, 9.17) is 10.8 Å². The molecule has 0 saturated heterocycles. The van der Waals surface area contributed by atoms with Crippen LogP contribution in [0.1, 0.15) is 39.0 Å². The third-order valence-corrected chi connectivity index (χ3v) is 3.29. The van der Waals surface area contributed by atoms with Gasteiger partial charge in [-0.05, 0) is 26.2 Å². The van der Waals surface area contributed by atoms with Crippen molar-refractivity contribution in [3.8, 4) is 0 Å². The fraction of sp³-hybridized carbons (Fsp3) is 0.750. The monoisotopic (exact) mass is 256 g/mol. The summed E-state index contributed by atoms with van der Waals surface area (Å²) in [5.74, 6) is -2.17. The van der Waals surface area contributed by atoms with E-state index in [0.717, 1.165) is 6.42 Å². The Morgan fingerprint density at radius 2 is 1.94 bits per heavy atom. The zero-order valence-corrected chi connectivity index (χ0v) is 10.5. The second-order valence-corrected chi connectivity index (χ2v) is 4.98. The van der Waals surface area contributed by atoms with Gasteiger partial charge in [0.05, 0.1) is 5.92 Å². The van der Waals surface area contributed by atoms with Crippen molar-refractivity contribution in [2.45, 2.75) is 45.1 Å². The van der Waals surface area contributed by atoms with Crippen molar-refractivity contribution in [1.29, 1.82) is 0 Å². The molecule has 18 heavy (non-hydrogen) atoms. The molecule has 3 unspecified atom stereocenters. The average molecular weight is 256 g/mol. The maximum Gasteiger partial charge on any atom is 0.306 e. The van der Waals surface area contributed by atoms with Crippen LogP contribution in [0.4, 0.5) is 0 Å². The lowest BCUT2D eigenvalue weighted by Crippen LogP contribution is -2.41. The summed E-state index contributed by atoms with van der Waals surface area (Å²) in [6.45, 7) is 1.71. The Morgan fingerprint density at radius 3 is 2.50 bits per heavy atom. The first-order chi connectivity index (χ1) is 8.40. The number of carboxylic acids is 1. The van der Waals surface area contributed by atoms with Crippen molar-refractivity contribution in [3.63, 3.8) is 0 Å². The number of hydrogen-bond donors (Lipinski definition) is 3. The Morgan fingerprint density at radius 1 is 1.33 bits per heavy atom. The predicted octanol–water partition coefficient (Wildman–Crippen LogP) is 0.257. The van der Waals surface area contributed by atoms with Gasteiger partial charge in [0.25, 0.3) is 0 Å². The van der Waals surface area contributed by atoms with Gasteiger partial charge in [0.1, 0.15) is 0 Å². The number of carbonyl (C=O) groups is 3. The molecular weight excluding hydrogens is 236 g/mol. The molecule has 2 amide bonds. The Labute approximate surface area is 106 Å². The minimum Gasteiger partial charge on any atom is -0.481 e. The van der Waals surface area contributed by atoms with Gasteiger partial charge >= 0.3 is 5.97 Å². The van der Waals surface area contributed by atoms with Crippen LogP contribution in [0.5, 0.6) is 0 Å². The maximum absolute atomic E-state index is 11.9. The van der Waals surface area contributed by atoms with Crippen LogP contribution in [0.3, 0.4) is 0 Å². The van der Waals surface area contributed by atoms with Crippen molar-refractivity contribution < 1.29 is 19.5 Å². The Balaban J connectivity index is 2.46. The van der Waals surface area contributed by atoms with E-state index in [0.29, 0.717) is 19.3 Å². The van der Waals surface area contributed by atoms with Crippen molar-refractivity contribution in [3.05, 3.63) is 0 Å². The van der Waals surface area contributed by atoms with E-state index in [-0.39, 0.29) is 24.3 Å². The lowest BCUT2D eigenvalue weighted by atomic mass is 9.81. The summed E-state index contributed by atoms with van der Waals surface area (Å²) in [6.07, 6.45) is 2.57. The van der Waals surface area contributed by atoms with Crippen LogP contribution in [0, 0.1) is 11.8 Å². The summed E-state index contributed by atoms with van der Waals surface area (Å²) >= 11 is 0. The van der Waals surface area contributed by atoms with Gasteiger partial charge in [-0.3, -0.25) is 14.4 Å². The number of carbonyl (C=O) groups excluding carboxylic acids is 2. The Kier molecular flexibility index (Phi) is 5.12. The SMILES string of the molecule is CC(CC(N)=O)NC(=O)C1CCCC(C(=O)O)C1. The van der Waals surface area contributed by atoms with Gasteiger partial charge in [-0.1, -0.05) is 6.42 Å². The molecule has 1 aliphatic rings. The number of primary amides is 1. The number of aliphatic carboxylic acids is 1. The third-order valence-electron chi connectivity index (χ3n) is 3.29. The van der Waals surface area contributed by atoms with Crippen LogP contribution in [0.15, 0.2) is 0 Å². The molecule has 0 aromatic carbocycles. The lowest BCUT2D eigenvalue weighted by Gasteiger charge is -2.26. The van der Waals surface area contributed by atoms with E-state index in [9.17, 15) is 14.4 Å². The van der Waals surface area contributed by atoms with Gasteiger partial charge in [-0.25, -0.2) is 0 Å². The maximum atomic E-state index is 11.9. The van der Waals surface area contributed by atoms with Gasteiger partial charge in [-0.2, -0.15) is 0 Å². The van der Waals surface area contributed by atoms with Crippen LogP contribution < -0.4 is 11.1 Å². The van der Waals surface area contributed by atoms with E-state index in [1.165, 1.54) is 0 Å². The zero-order chi connectivity index (χ0) is 13.7. The first kappa shape index (κ1) is 14.5. The van der Waals surface area contributed by atoms with Gasteiger partial charge in [-0.15, -0.1) is 0 Å². The van der Waals surface area contributed by atoms with Crippen molar-refractivity contribution in [1.82, 2.24) is 5.32 Å². The molecule has 0 aromatic heterocycles. The molecule has 6 nitrogen and oxygen atoms in total. The van der Waals surface area contributed by atoms with Crippen LogP contribution in [0.2, 0.25) is 0 Å². The summed E-state index contributed by atoms with van der Waals surface area (Å²) in [4.78, 5) is 33.5. The van der Waals surface area contributed by atoms with Gasteiger partial charge in [0, 0.05) is 18.4 Å². The predicted molar refractivity (Wildman–Crippen MR) is 64.5 cm³/mol. The molecule has 4 N–H and O–H groups in total. The second kappa shape index (κ2) is 6.37. The number of carboxylic acid groups (broad SMARTS) is 1. The van der Waals surface area contributed by atoms with Crippen molar-refractivity contribution in [2.75, 3.05) is 0 Å². The zero-order valence-electron chi connectivity index (χ0n) is 10.5. The minimum atomic E-state index is -0.835. The lowest BCUT2D eigenvalue weighted by molar-refractivity contribution is -0.144. The quantitative estimate of drug-likeness (QED) is 0.655. The normalized spacial score (nSPS) is 25.2. The number of hydrogen-bond acceptors (Lipinski definition) is 3. The molecule has 6 heteroatoms. The van der Waals surface area contributed by atoms with E-state index >= 15 is 0 Å². The number of amides is 2. The van der Waals surface area contributed by atoms with Crippen LogP contribution in [-0.4, -0.2) is 28.9 Å². The van der Waals surface area contributed by atoms with Crippen LogP contribution in [0.25, 0.3) is 0 Å². The molecule has 3 atom stereocenters. The van der Waals surface area contributed by atoms with Crippen molar-refractivity contribution in [2.24, 2.45) is 17.6 Å². The highest BCUT2D eigenvalue weighted by atomic mass is 16.4. The van der Waals surface area contributed by atoms with E-state index < -0.39 is 17.8 Å². The van der Waals surface area contributed by atoms with Gasteiger partial charge < -0.3 is 16.2 Å². The number of nitrogens with two attached hydrogens (primary N) is 1. The number of rotatable bonds is 5. The summed E-state index contributed by atoms with van der Waals surface area (Å²) in [5, 5.41) is 11.7. The summed E-state index contributed by atoms with van der Waals surface area (Å²) in [6, 6.07) is -0.305. The fourth-order valence-corrected chi connectivity index (χ4v) is 2.37. The standard InChI is InChI=1S/C12H20N2O4/c1-7(5-10(13)15)14-11(16)8-3-2-4-9(6-8)12(17)18/h7-9H,2-6H2,1H3,(H2,13,15)(H,14,16)(H,17,18). The van der Waals surface area contributed by atoms with E-state index in [1.54, 1.807) is 6.92 Å². The molecule has 1 fully saturated rings. The summed E-state index contributed by atoms with van der Waals surface area (Å²) in [7, 11) is 0. The minimum absolute atomic E-state index is 0.0980. The van der Waals surface area contributed by atoms with E-state index in [2.05, 4.69) is 5.32 Å². The molecule has 1 rings (SSSR count). The molecule has 0 aromatic rings. The molecule has 102 valence electrons. The fourth-order valence-electron chi connectivity index (χ4n) is 2.37. The van der Waals surface area contributed by atoms with Crippen molar-refractivity contribution >= 4 is 17.8 Å². The Hall–Kier alpha value is -1.59. The largest absolute Gasteiger partial charge is 0.481 e. The van der Waals surface area contributed by atoms with Gasteiger partial charge in [0.15, 0.2) is 0 Å².